The summed E-state index contributed by atoms with van der Waals surface area (Å²) in [5.41, 5.74) is 2.45. The number of aromatic nitrogens is 2. The van der Waals surface area contributed by atoms with Gasteiger partial charge in [-0.1, -0.05) is 23.7 Å². The van der Waals surface area contributed by atoms with E-state index in [0.29, 0.717) is 0 Å². The zero-order valence-corrected chi connectivity index (χ0v) is 19.0. The topological polar surface area (TPSA) is 48.7 Å². The molecule has 1 aliphatic rings. The highest BCUT2D eigenvalue weighted by Crippen LogP contribution is 2.14. The highest BCUT2D eigenvalue weighted by Gasteiger charge is 2.19. The summed E-state index contributed by atoms with van der Waals surface area (Å²) < 4.78 is 1.96. The Bertz CT molecular complexity index is 739. The van der Waals surface area contributed by atoms with Crippen LogP contribution in [0.15, 0.2) is 41.7 Å². The zero-order valence-electron chi connectivity index (χ0n) is 15.9. The number of aliphatic imine (C=N–C) groups is 1. The Labute approximate surface area is 183 Å². The number of nitrogens with zero attached hydrogens (tertiary/aromatic N) is 5. The molecule has 1 fully saturated rings. The van der Waals surface area contributed by atoms with Crippen LogP contribution in [0.5, 0.6) is 0 Å². The van der Waals surface area contributed by atoms with Crippen LogP contribution in [-0.2, 0) is 13.1 Å². The largest absolute Gasteiger partial charge is 0.354 e. The first kappa shape index (κ1) is 22.0. The second-order valence-electron chi connectivity index (χ2n) is 6.65. The third-order valence-corrected chi connectivity index (χ3v) is 4.80. The van der Waals surface area contributed by atoms with E-state index in [1.165, 1.54) is 11.1 Å². The number of guanidine groups is 1. The third kappa shape index (κ3) is 6.65. The average Bonchev–Trinajstić information content (AvgIpc) is 3.05. The Kier molecular flexibility index (Phi) is 8.85. The van der Waals surface area contributed by atoms with Gasteiger partial charge in [0.2, 0.25) is 0 Å². The standard InChI is InChI=1S/C19H27ClN6.HI/c1-16-13-23-26(14-16)7-6-22-19(21-2)25-10-8-24(9-11-25)15-17-4-3-5-18(20)12-17;/h3-5,12-14H,6-11,15H2,1-2H3,(H,21,22);1H. The Morgan fingerprint density at radius 2 is 2.04 bits per heavy atom. The quantitative estimate of drug-likeness (QED) is 0.388. The normalized spacial score (nSPS) is 15.5. The third-order valence-electron chi connectivity index (χ3n) is 4.57. The van der Waals surface area contributed by atoms with Gasteiger partial charge < -0.3 is 10.2 Å². The fraction of sp³-hybridized carbons (Fsp3) is 0.474. The molecule has 1 aromatic carbocycles. The lowest BCUT2D eigenvalue weighted by Crippen LogP contribution is -2.52. The molecular formula is C19H28ClIN6. The number of nitrogens with one attached hydrogen (secondary N) is 1. The van der Waals surface area contributed by atoms with Crippen LogP contribution in [0.4, 0.5) is 0 Å². The summed E-state index contributed by atoms with van der Waals surface area (Å²) in [6, 6.07) is 8.12. The molecule has 0 radical (unpaired) electrons. The molecule has 1 aliphatic heterocycles. The number of rotatable bonds is 5. The molecule has 0 aliphatic carbocycles. The Morgan fingerprint density at radius 3 is 2.67 bits per heavy atom. The summed E-state index contributed by atoms with van der Waals surface area (Å²) in [5, 5.41) is 8.57. The molecule has 0 atom stereocenters. The zero-order chi connectivity index (χ0) is 18.4. The second-order valence-corrected chi connectivity index (χ2v) is 7.08. The molecular weight excluding hydrogens is 475 g/mol. The molecule has 8 heteroatoms. The Hall–Kier alpha value is -1.32. The molecule has 2 heterocycles. The van der Waals surface area contributed by atoms with Gasteiger partial charge in [-0.3, -0.25) is 14.6 Å². The Balaban J connectivity index is 0.00000261. The molecule has 148 valence electrons. The predicted molar refractivity (Wildman–Crippen MR) is 122 cm³/mol. The summed E-state index contributed by atoms with van der Waals surface area (Å²) in [7, 11) is 1.85. The molecule has 0 amide bonds. The summed E-state index contributed by atoms with van der Waals surface area (Å²) in [6.07, 6.45) is 3.94. The minimum atomic E-state index is 0. The lowest BCUT2D eigenvalue weighted by Gasteiger charge is -2.36. The van der Waals surface area contributed by atoms with Crippen molar-refractivity contribution in [2.75, 3.05) is 39.8 Å². The van der Waals surface area contributed by atoms with Crippen LogP contribution in [-0.4, -0.2) is 65.3 Å². The number of benzene rings is 1. The second kappa shape index (κ2) is 10.9. The monoisotopic (exact) mass is 502 g/mol. The smallest absolute Gasteiger partial charge is 0.193 e. The molecule has 1 N–H and O–H groups in total. The van der Waals surface area contributed by atoms with Gasteiger partial charge in [-0.15, -0.1) is 24.0 Å². The number of piperazine rings is 1. The van der Waals surface area contributed by atoms with Gasteiger partial charge in [-0.05, 0) is 30.2 Å². The van der Waals surface area contributed by atoms with Crippen LogP contribution in [0, 0.1) is 6.92 Å². The van der Waals surface area contributed by atoms with Gasteiger partial charge in [0.05, 0.1) is 12.7 Å². The SMILES string of the molecule is CN=C(NCCn1cc(C)cn1)N1CCN(Cc2cccc(Cl)c2)CC1.I. The van der Waals surface area contributed by atoms with E-state index in [1.54, 1.807) is 0 Å². The van der Waals surface area contributed by atoms with E-state index >= 15 is 0 Å². The van der Waals surface area contributed by atoms with Crippen molar-refractivity contribution in [1.82, 2.24) is 24.9 Å². The first-order chi connectivity index (χ1) is 12.6. The van der Waals surface area contributed by atoms with E-state index < -0.39 is 0 Å². The fourth-order valence-corrected chi connectivity index (χ4v) is 3.43. The van der Waals surface area contributed by atoms with E-state index in [9.17, 15) is 0 Å². The van der Waals surface area contributed by atoms with Crippen molar-refractivity contribution in [3.8, 4) is 0 Å². The molecule has 3 rings (SSSR count). The molecule has 6 nitrogen and oxygen atoms in total. The van der Waals surface area contributed by atoms with Crippen molar-refractivity contribution in [2.45, 2.75) is 20.0 Å². The maximum Gasteiger partial charge on any atom is 0.193 e. The van der Waals surface area contributed by atoms with Crippen molar-refractivity contribution in [3.05, 3.63) is 52.8 Å². The number of aryl methyl sites for hydroxylation is 1. The van der Waals surface area contributed by atoms with Gasteiger partial charge in [0.15, 0.2) is 5.96 Å². The maximum absolute atomic E-state index is 6.08. The predicted octanol–water partition coefficient (Wildman–Crippen LogP) is 2.86. The summed E-state index contributed by atoms with van der Waals surface area (Å²) in [5.74, 6) is 0.969. The van der Waals surface area contributed by atoms with Gasteiger partial charge in [0, 0.05) is 57.5 Å². The van der Waals surface area contributed by atoms with Gasteiger partial charge in [0.1, 0.15) is 0 Å². The van der Waals surface area contributed by atoms with E-state index in [1.807, 2.05) is 36.1 Å². The molecule has 2 aromatic rings. The first-order valence-electron chi connectivity index (χ1n) is 9.05. The molecule has 0 spiro atoms. The van der Waals surface area contributed by atoms with Crippen LogP contribution < -0.4 is 5.32 Å². The van der Waals surface area contributed by atoms with Gasteiger partial charge in [-0.2, -0.15) is 5.10 Å². The van der Waals surface area contributed by atoms with E-state index in [2.05, 4.69) is 44.4 Å². The Morgan fingerprint density at radius 1 is 1.26 bits per heavy atom. The van der Waals surface area contributed by atoms with Gasteiger partial charge >= 0.3 is 0 Å². The van der Waals surface area contributed by atoms with Crippen molar-refractivity contribution in [2.24, 2.45) is 4.99 Å². The van der Waals surface area contributed by atoms with Crippen LogP contribution in [0.2, 0.25) is 5.02 Å². The number of hydrogen-bond acceptors (Lipinski definition) is 3. The maximum atomic E-state index is 6.08. The van der Waals surface area contributed by atoms with Crippen LogP contribution in [0.25, 0.3) is 0 Å². The van der Waals surface area contributed by atoms with Crippen molar-refractivity contribution >= 4 is 41.5 Å². The summed E-state index contributed by atoms with van der Waals surface area (Å²) in [6.45, 7) is 8.63. The van der Waals surface area contributed by atoms with Crippen LogP contribution >= 0.6 is 35.6 Å². The van der Waals surface area contributed by atoms with Crippen molar-refractivity contribution in [3.63, 3.8) is 0 Å². The molecule has 0 unspecified atom stereocenters. The molecule has 0 bridgehead atoms. The van der Waals surface area contributed by atoms with Gasteiger partial charge in [0.25, 0.3) is 0 Å². The minimum absolute atomic E-state index is 0. The van der Waals surface area contributed by atoms with Crippen molar-refractivity contribution < 1.29 is 0 Å². The average molecular weight is 503 g/mol. The lowest BCUT2D eigenvalue weighted by atomic mass is 10.2. The fourth-order valence-electron chi connectivity index (χ4n) is 3.22. The van der Waals surface area contributed by atoms with Gasteiger partial charge in [-0.25, -0.2) is 0 Å². The molecule has 1 aromatic heterocycles. The minimum Gasteiger partial charge on any atom is -0.354 e. The molecule has 1 saturated heterocycles. The van der Waals surface area contributed by atoms with E-state index in [-0.39, 0.29) is 24.0 Å². The summed E-state index contributed by atoms with van der Waals surface area (Å²) >= 11 is 6.08. The highest BCUT2D eigenvalue weighted by atomic mass is 127. The highest BCUT2D eigenvalue weighted by molar-refractivity contribution is 14.0. The molecule has 27 heavy (non-hydrogen) atoms. The van der Waals surface area contributed by atoms with E-state index in [0.717, 1.165) is 56.8 Å². The first-order valence-corrected chi connectivity index (χ1v) is 9.43. The number of hydrogen-bond donors (Lipinski definition) is 1. The van der Waals surface area contributed by atoms with Crippen molar-refractivity contribution in [1.29, 1.82) is 0 Å². The van der Waals surface area contributed by atoms with E-state index in [4.69, 9.17) is 11.6 Å². The molecule has 0 saturated carbocycles. The summed E-state index contributed by atoms with van der Waals surface area (Å²) in [4.78, 5) is 9.22. The number of halogens is 2. The van der Waals surface area contributed by atoms with Crippen LogP contribution in [0.3, 0.4) is 0 Å². The van der Waals surface area contributed by atoms with Crippen LogP contribution in [0.1, 0.15) is 11.1 Å². The lowest BCUT2D eigenvalue weighted by molar-refractivity contribution is 0.172.